The van der Waals surface area contributed by atoms with E-state index in [1.807, 2.05) is 0 Å². The van der Waals surface area contributed by atoms with Gasteiger partial charge in [0.25, 0.3) is 5.91 Å². The maximum absolute atomic E-state index is 10.5. The van der Waals surface area contributed by atoms with Crippen LogP contribution in [-0.4, -0.2) is 23.9 Å². The summed E-state index contributed by atoms with van der Waals surface area (Å²) in [7, 11) is 1.46. The monoisotopic (exact) mass is 142 g/mol. The van der Waals surface area contributed by atoms with Gasteiger partial charge < -0.3 is 0 Å². The first-order valence-corrected chi connectivity index (χ1v) is 2.75. The Labute approximate surface area is 59.5 Å². The molecule has 0 saturated carbocycles. The maximum atomic E-state index is 10.5. The summed E-state index contributed by atoms with van der Waals surface area (Å²) in [6, 6.07) is 0. The van der Waals surface area contributed by atoms with Crippen molar-refractivity contribution in [2.45, 2.75) is 6.92 Å². The van der Waals surface area contributed by atoms with Crippen LogP contribution in [0, 0.1) is 0 Å². The highest BCUT2D eigenvalue weighted by atomic mass is 16.2. The largest absolute Gasteiger partial charge is 0.273 e. The molecule has 4 heteroatoms. The van der Waals surface area contributed by atoms with Crippen molar-refractivity contribution in [3.63, 3.8) is 0 Å². The maximum Gasteiger partial charge on any atom is 0.261 e. The molecule has 0 rings (SSSR count). The van der Waals surface area contributed by atoms with Gasteiger partial charge in [0, 0.05) is 14.0 Å². The molecule has 0 unspecified atom stereocenters. The van der Waals surface area contributed by atoms with E-state index in [9.17, 15) is 9.59 Å². The molecule has 0 aromatic carbocycles. The lowest BCUT2D eigenvalue weighted by Gasteiger charge is -2.13. The molecule has 0 radical (unpaired) electrons. The minimum Gasteiger partial charge on any atom is -0.273 e. The topological polar surface area (TPSA) is 49.4 Å². The standard InChI is InChI=1S/C6H10N2O2/c1-4-6(10)7-8(3)5(2)9/h4H,1H2,2-3H3,(H,7,10). The Morgan fingerprint density at radius 2 is 2.10 bits per heavy atom. The van der Waals surface area contributed by atoms with Crippen LogP contribution in [0.15, 0.2) is 12.7 Å². The van der Waals surface area contributed by atoms with Crippen LogP contribution in [0.25, 0.3) is 0 Å². The van der Waals surface area contributed by atoms with Crippen LogP contribution in [0.5, 0.6) is 0 Å². The second-order valence-corrected chi connectivity index (χ2v) is 1.76. The lowest BCUT2D eigenvalue weighted by molar-refractivity contribution is -0.136. The third kappa shape index (κ3) is 2.86. The van der Waals surface area contributed by atoms with Gasteiger partial charge in [0.2, 0.25) is 5.91 Å². The fourth-order valence-electron chi connectivity index (χ4n) is 0.290. The van der Waals surface area contributed by atoms with E-state index in [0.717, 1.165) is 11.1 Å². The number of amides is 2. The number of nitrogens with zero attached hydrogens (tertiary/aromatic N) is 1. The Morgan fingerprint density at radius 3 is 2.40 bits per heavy atom. The Kier molecular flexibility index (Phi) is 3.17. The van der Waals surface area contributed by atoms with E-state index < -0.39 is 5.91 Å². The summed E-state index contributed by atoms with van der Waals surface area (Å²) in [5.41, 5.74) is 2.26. The van der Waals surface area contributed by atoms with Crippen LogP contribution in [0.1, 0.15) is 6.92 Å². The smallest absolute Gasteiger partial charge is 0.261 e. The third-order valence-corrected chi connectivity index (χ3v) is 0.936. The van der Waals surface area contributed by atoms with Crippen molar-refractivity contribution in [2.24, 2.45) is 0 Å². The Balaban J connectivity index is 3.79. The van der Waals surface area contributed by atoms with Crippen LogP contribution in [-0.2, 0) is 9.59 Å². The average Bonchev–Trinajstić information content (AvgIpc) is 1.87. The lowest BCUT2D eigenvalue weighted by Crippen LogP contribution is -2.41. The first kappa shape index (κ1) is 8.68. The number of hydrogen-bond acceptors (Lipinski definition) is 2. The predicted molar refractivity (Wildman–Crippen MR) is 36.8 cm³/mol. The van der Waals surface area contributed by atoms with Crippen LogP contribution in [0.2, 0.25) is 0 Å². The van der Waals surface area contributed by atoms with Gasteiger partial charge in [-0.1, -0.05) is 6.58 Å². The summed E-state index contributed by atoms with van der Waals surface area (Å²) >= 11 is 0. The first-order valence-electron chi connectivity index (χ1n) is 2.75. The highest BCUT2D eigenvalue weighted by molar-refractivity contribution is 5.88. The molecule has 0 spiro atoms. The van der Waals surface area contributed by atoms with Gasteiger partial charge in [-0.25, -0.2) is 0 Å². The molecule has 0 aliphatic carbocycles. The number of hydrogen-bond donors (Lipinski definition) is 1. The summed E-state index contributed by atoms with van der Waals surface area (Å²) < 4.78 is 0. The molecular weight excluding hydrogens is 132 g/mol. The van der Waals surface area contributed by atoms with E-state index in [1.54, 1.807) is 0 Å². The molecule has 0 aliphatic heterocycles. The molecule has 2 amide bonds. The van der Waals surface area contributed by atoms with Gasteiger partial charge in [-0.15, -0.1) is 0 Å². The van der Waals surface area contributed by atoms with E-state index in [4.69, 9.17) is 0 Å². The molecule has 10 heavy (non-hydrogen) atoms. The SMILES string of the molecule is C=CC(=O)NN(C)C(C)=O. The summed E-state index contributed by atoms with van der Waals surface area (Å²) in [6.07, 6.45) is 1.10. The third-order valence-electron chi connectivity index (χ3n) is 0.936. The highest BCUT2D eigenvalue weighted by Crippen LogP contribution is 1.76. The van der Waals surface area contributed by atoms with Gasteiger partial charge in [0.15, 0.2) is 0 Å². The van der Waals surface area contributed by atoms with Crippen molar-refractivity contribution in [1.82, 2.24) is 10.4 Å². The fourth-order valence-corrected chi connectivity index (χ4v) is 0.290. The summed E-state index contributed by atoms with van der Waals surface area (Å²) in [5.74, 6) is -0.618. The van der Waals surface area contributed by atoms with Gasteiger partial charge >= 0.3 is 0 Å². The minimum atomic E-state index is -0.391. The number of rotatable bonds is 1. The zero-order valence-corrected chi connectivity index (χ0v) is 6.05. The fraction of sp³-hybridized carbons (Fsp3) is 0.333. The molecule has 0 aromatic rings. The van der Waals surface area contributed by atoms with Gasteiger partial charge in [0.05, 0.1) is 0 Å². The second-order valence-electron chi connectivity index (χ2n) is 1.76. The van der Waals surface area contributed by atoms with Gasteiger partial charge in [-0.05, 0) is 6.08 Å². The number of carbonyl (C=O) groups excluding carboxylic acids is 2. The molecule has 0 aliphatic rings. The summed E-state index contributed by atoms with van der Waals surface area (Å²) in [6.45, 7) is 4.57. The van der Waals surface area contributed by atoms with Crippen LogP contribution in [0.3, 0.4) is 0 Å². The highest BCUT2D eigenvalue weighted by Gasteiger charge is 2.01. The Morgan fingerprint density at radius 1 is 1.60 bits per heavy atom. The van der Waals surface area contributed by atoms with Crippen LogP contribution < -0.4 is 5.43 Å². The van der Waals surface area contributed by atoms with Gasteiger partial charge in [0.1, 0.15) is 0 Å². The Hall–Kier alpha value is -1.32. The van der Waals surface area contributed by atoms with Crippen molar-refractivity contribution in [1.29, 1.82) is 0 Å². The van der Waals surface area contributed by atoms with Crippen molar-refractivity contribution in [2.75, 3.05) is 7.05 Å². The number of carbonyl (C=O) groups is 2. The van der Waals surface area contributed by atoms with Crippen molar-refractivity contribution < 1.29 is 9.59 Å². The quantitative estimate of drug-likeness (QED) is 0.403. The normalized spacial score (nSPS) is 8.20. The van der Waals surface area contributed by atoms with E-state index in [1.165, 1.54) is 14.0 Å². The van der Waals surface area contributed by atoms with E-state index in [-0.39, 0.29) is 5.91 Å². The van der Waals surface area contributed by atoms with Crippen molar-refractivity contribution in [3.8, 4) is 0 Å². The molecule has 0 atom stereocenters. The van der Waals surface area contributed by atoms with E-state index in [2.05, 4.69) is 12.0 Å². The lowest BCUT2D eigenvalue weighted by atomic mass is 10.6. The molecule has 56 valence electrons. The molecule has 0 fully saturated rings. The zero-order valence-electron chi connectivity index (χ0n) is 6.05. The number of hydrazine groups is 1. The summed E-state index contributed by atoms with van der Waals surface area (Å²) in [4.78, 5) is 21.0. The zero-order chi connectivity index (χ0) is 8.15. The van der Waals surface area contributed by atoms with E-state index >= 15 is 0 Å². The Bertz CT molecular complexity index is 165. The molecule has 0 heterocycles. The van der Waals surface area contributed by atoms with Crippen molar-refractivity contribution >= 4 is 11.8 Å². The molecule has 0 bridgehead atoms. The van der Waals surface area contributed by atoms with Crippen LogP contribution in [0.4, 0.5) is 0 Å². The first-order chi connectivity index (χ1) is 4.57. The summed E-state index contributed by atoms with van der Waals surface area (Å²) in [5, 5.41) is 1.09. The number of nitrogens with one attached hydrogen (secondary N) is 1. The molecule has 0 aromatic heterocycles. The molecule has 4 nitrogen and oxygen atoms in total. The minimum absolute atomic E-state index is 0.227. The van der Waals surface area contributed by atoms with E-state index in [0.29, 0.717) is 0 Å². The second kappa shape index (κ2) is 3.66. The molecule has 1 N–H and O–H groups in total. The molecular formula is C6H10N2O2. The van der Waals surface area contributed by atoms with Crippen LogP contribution >= 0.6 is 0 Å². The van der Waals surface area contributed by atoms with Crippen molar-refractivity contribution in [3.05, 3.63) is 12.7 Å². The van der Waals surface area contributed by atoms with Gasteiger partial charge in [-0.3, -0.25) is 20.0 Å². The predicted octanol–water partition coefficient (Wildman–Crippen LogP) is -0.318. The van der Waals surface area contributed by atoms with Gasteiger partial charge in [-0.2, -0.15) is 0 Å². The molecule has 0 saturated heterocycles. The average molecular weight is 142 g/mol.